The molecule has 0 spiro atoms. The first-order valence-electron chi connectivity index (χ1n) is 7.59. The lowest BCUT2D eigenvalue weighted by Gasteiger charge is -2.02. The summed E-state index contributed by atoms with van der Waals surface area (Å²) >= 11 is 4.94. The van der Waals surface area contributed by atoms with Crippen LogP contribution < -0.4 is 15.8 Å². The largest absolute Gasteiger partial charge is 0.326 e. The van der Waals surface area contributed by atoms with Crippen molar-refractivity contribution in [3.8, 4) is 0 Å². The van der Waals surface area contributed by atoms with Crippen LogP contribution in [0.1, 0.15) is 5.56 Å². The fourth-order valence-electron chi connectivity index (χ4n) is 2.20. The smallest absolute Gasteiger partial charge is 0.189 e. The SMILES string of the molecule is NCc1ccc(Nc2nc3ccc(NSc4cccs4)cc3s2)nc1. The molecule has 0 saturated carbocycles. The van der Waals surface area contributed by atoms with Gasteiger partial charge in [-0.05, 0) is 53.2 Å². The summed E-state index contributed by atoms with van der Waals surface area (Å²) < 4.78 is 5.73. The van der Waals surface area contributed by atoms with Crippen molar-refractivity contribution in [2.75, 3.05) is 10.0 Å². The van der Waals surface area contributed by atoms with Gasteiger partial charge in [0.15, 0.2) is 5.13 Å². The molecule has 4 aromatic rings. The summed E-state index contributed by atoms with van der Waals surface area (Å²) in [5.41, 5.74) is 8.64. The van der Waals surface area contributed by atoms with E-state index in [1.54, 1.807) is 40.8 Å². The standard InChI is InChI=1S/C17H15N5S3/c18-9-11-3-6-15(19-10-11)21-17-20-13-5-4-12(8-14(13)24-17)22-25-16-2-1-7-23-16/h1-8,10,22H,9,18H2,(H,19,20,21). The minimum atomic E-state index is 0.494. The second-order valence-corrected chi connectivity index (χ2v) is 8.30. The molecule has 0 saturated heterocycles. The monoisotopic (exact) mass is 385 g/mol. The number of nitrogens with one attached hydrogen (secondary N) is 2. The van der Waals surface area contributed by atoms with Crippen LogP contribution in [0.3, 0.4) is 0 Å². The zero-order chi connectivity index (χ0) is 17.1. The minimum Gasteiger partial charge on any atom is -0.326 e. The molecule has 4 rings (SSSR count). The Kier molecular flexibility index (Phi) is 4.84. The number of nitrogens with two attached hydrogens (primary N) is 1. The van der Waals surface area contributed by atoms with Crippen LogP contribution in [0.2, 0.25) is 0 Å². The van der Waals surface area contributed by atoms with Gasteiger partial charge in [-0.1, -0.05) is 23.5 Å². The third kappa shape index (κ3) is 3.93. The van der Waals surface area contributed by atoms with Crippen LogP contribution >= 0.6 is 34.6 Å². The van der Waals surface area contributed by atoms with E-state index in [4.69, 9.17) is 5.73 Å². The Morgan fingerprint density at radius 1 is 1.16 bits per heavy atom. The van der Waals surface area contributed by atoms with E-state index in [2.05, 4.69) is 37.5 Å². The number of fused-ring (bicyclic) bond motifs is 1. The summed E-state index contributed by atoms with van der Waals surface area (Å²) in [6.07, 6.45) is 1.78. The lowest BCUT2D eigenvalue weighted by Crippen LogP contribution is -1.98. The van der Waals surface area contributed by atoms with Gasteiger partial charge in [0.2, 0.25) is 0 Å². The molecule has 126 valence electrons. The Morgan fingerprint density at radius 2 is 2.12 bits per heavy atom. The number of anilines is 3. The van der Waals surface area contributed by atoms with Gasteiger partial charge in [-0.3, -0.25) is 0 Å². The number of pyridine rings is 1. The zero-order valence-corrected chi connectivity index (χ0v) is 15.5. The summed E-state index contributed by atoms with van der Waals surface area (Å²) in [5, 5.41) is 6.15. The van der Waals surface area contributed by atoms with E-state index in [-0.39, 0.29) is 0 Å². The number of thiazole rings is 1. The van der Waals surface area contributed by atoms with E-state index < -0.39 is 0 Å². The molecule has 25 heavy (non-hydrogen) atoms. The Bertz CT molecular complexity index is 964. The fraction of sp³-hybridized carbons (Fsp3) is 0.0588. The van der Waals surface area contributed by atoms with Gasteiger partial charge < -0.3 is 15.8 Å². The number of nitrogens with zero attached hydrogens (tertiary/aromatic N) is 2. The molecule has 0 bridgehead atoms. The van der Waals surface area contributed by atoms with Crippen LogP contribution in [0.15, 0.2) is 58.3 Å². The van der Waals surface area contributed by atoms with E-state index in [9.17, 15) is 0 Å². The number of benzene rings is 1. The quantitative estimate of drug-likeness (QED) is 0.402. The average molecular weight is 386 g/mol. The summed E-state index contributed by atoms with van der Waals surface area (Å²) in [6, 6.07) is 14.2. The summed E-state index contributed by atoms with van der Waals surface area (Å²) in [6.45, 7) is 0.494. The lowest BCUT2D eigenvalue weighted by atomic mass is 10.3. The first-order chi connectivity index (χ1) is 12.3. The van der Waals surface area contributed by atoms with Crippen LogP contribution in [0.5, 0.6) is 0 Å². The third-order valence-corrected chi connectivity index (χ3v) is 6.26. The predicted octanol–water partition coefficient (Wildman–Crippen LogP) is 5.07. The van der Waals surface area contributed by atoms with Gasteiger partial charge in [-0.15, -0.1) is 11.3 Å². The van der Waals surface area contributed by atoms with Gasteiger partial charge in [-0.25, -0.2) is 9.97 Å². The molecule has 0 radical (unpaired) electrons. The molecule has 5 nitrogen and oxygen atoms in total. The summed E-state index contributed by atoms with van der Waals surface area (Å²) in [4.78, 5) is 8.96. The van der Waals surface area contributed by atoms with E-state index in [0.29, 0.717) is 6.54 Å². The van der Waals surface area contributed by atoms with Crippen LogP contribution in [0.25, 0.3) is 10.2 Å². The van der Waals surface area contributed by atoms with Gasteiger partial charge in [0.05, 0.1) is 14.4 Å². The maximum Gasteiger partial charge on any atom is 0.189 e. The maximum atomic E-state index is 5.60. The van der Waals surface area contributed by atoms with Gasteiger partial charge in [0.25, 0.3) is 0 Å². The number of aromatic nitrogens is 2. The first-order valence-corrected chi connectivity index (χ1v) is 10.1. The zero-order valence-electron chi connectivity index (χ0n) is 13.1. The molecular weight excluding hydrogens is 370 g/mol. The molecule has 1 aromatic carbocycles. The highest BCUT2D eigenvalue weighted by atomic mass is 32.2. The second kappa shape index (κ2) is 7.40. The Labute approximate surface area is 157 Å². The summed E-state index contributed by atoms with van der Waals surface area (Å²) in [7, 11) is 0. The minimum absolute atomic E-state index is 0.494. The Balaban J connectivity index is 1.49. The molecule has 0 aliphatic heterocycles. The molecule has 0 atom stereocenters. The van der Waals surface area contributed by atoms with Crippen molar-refractivity contribution in [3.05, 3.63) is 59.6 Å². The highest BCUT2D eigenvalue weighted by Crippen LogP contribution is 2.32. The molecule has 3 heterocycles. The van der Waals surface area contributed by atoms with Gasteiger partial charge in [0.1, 0.15) is 5.82 Å². The first kappa shape index (κ1) is 16.3. The predicted molar refractivity (Wildman–Crippen MR) is 109 cm³/mol. The average Bonchev–Trinajstić information content (AvgIpc) is 3.29. The Morgan fingerprint density at radius 3 is 2.88 bits per heavy atom. The Hall–Kier alpha value is -2.13. The number of hydrogen-bond donors (Lipinski definition) is 3. The third-order valence-electron chi connectivity index (χ3n) is 3.45. The van der Waals surface area contributed by atoms with E-state index in [0.717, 1.165) is 32.4 Å². The van der Waals surface area contributed by atoms with Crippen molar-refractivity contribution in [3.63, 3.8) is 0 Å². The highest BCUT2D eigenvalue weighted by Gasteiger charge is 2.06. The van der Waals surface area contributed by atoms with Crippen molar-refractivity contribution >= 4 is 61.5 Å². The molecular formula is C17H15N5S3. The van der Waals surface area contributed by atoms with Crippen LogP contribution in [0, 0.1) is 0 Å². The number of thiophene rings is 1. The number of rotatable bonds is 6. The molecule has 0 amide bonds. The molecule has 0 aliphatic carbocycles. The van der Waals surface area contributed by atoms with Crippen molar-refractivity contribution in [1.29, 1.82) is 0 Å². The van der Waals surface area contributed by atoms with Crippen molar-refractivity contribution in [2.24, 2.45) is 5.73 Å². The van der Waals surface area contributed by atoms with E-state index >= 15 is 0 Å². The summed E-state index contributed by atoms with van der Waals surface area (Å²) in [5.74, 6) is 0.767. The van der Waals surface area contributed by atoms with Crippen LogP contribution in [-0.4, -0.2) is 9.97 Å². The van der Waals surface area contributed by atoms with Gasteiger partial charge in [-0.2, -0.15) is 0 Å². The lowest BCUT2D eigenvalue weighted by molar-refractivity contribution is 1.05. The molecule has 4 N–H and O–H groups in total. The highest BCUT2D eigenvalue weighted by molar-refractivity contribution is 8.02. The second-order valence-electron chi connectivity index (χ2n) is 5.22. The van der Waals surface area contributed by atoms with Crippen molar-refractivity contribution < 1.29 is 0 Å². The molecule has 8 heteroatoms. The van der Waals surface area contributed by atoms with E-state index in [1.165, 1.54) is 4.21 Å². The van der Waals surface area contributed by atoms with Crippen molar-refractivity contribution in [1.82, 2.24) is 9.97 Å². The molecule has 0 fully saturated rings. The topological polar surface area (TPSA) is 75.9 Å². The molecule has 3 aromatic heterocycles. The van der Waals surface area contributed by atoms with Crippen molar-refractivity contribution in [2.45, 2.75) is 10.8 Å². The number of hydrogen-bond acceptors (Lipinski definition) is 8. The molecule has 0 unspecified atom stereocenters. The maximum absolute atomic E-state index is 5.60. The van der Waals surface area contributed by atoms with Crippen LogP contribution in [0.4, 0.5) is 16.6 Å². The van der Waals surface area contributed by atoms with Gasteiger partial charge in [0, 0.05) is 18.4 Å². The van der Waals surface area contributed by atoms with E-state index in [1.807, 2.05) is 30.3 Å². The van der Waals surface area contributed by atoms with Crippen LogP contribution in [-0.2, 0) is 6.54 Å². The fourth-order valence-corrected chi connectivity index (χ4v) is 4.54. The molecule has 0 aliphatic rings. The normalized spacial score (nSPS) is 10.9. The van der Waals surface area contributed by atoms with Gasteiger partial charge >= 0.3 is 0 Å².